The molecule has 8 heavy (non-hydrogen) atoms. The third-order valence-corrected chi connectivity index (χ3v) is 2.64. The Morgan fingerprint density at radius 3 is 1.88 bits per heavy atom. The fourth-order valence-corrected chi connectivity index (χ4v) is 2.70. The van der Waals surface area contributed by atoms with E-state index in [1.54, 1.807) is 0 Å². The normalized spacial score (nSPS) is 39.8. The van der Waals surface area contributed by atoms with E-state index >= 15 is 0 Å². The molecule has 3 heteroatoms. The molecule has 0 aromatic heterocycles. The molecule has 0 bridgehead atoms. The third-order valence-electron chi connectivity index (χ3n) is 1.24. The molecule has 0 amide bonds. The molecule has 1 rings (SSSR count). The SMILES string of the molecule is Br[C@@H]1CNC[C@H](Br)C1. The van der Waals surface area contributed by atoms with Crippen LogP contribution in [0.5, 0.6) is 0 Å². The maximum atomic E-state index is 3.54. The topological polar surface area (TPSA) is 12.0 Å². The van der Waals surface area contributed by atoms with Crippen molar-refractivity contribution < 1.29 is 0 Å². The summed E-state index contributed by atoms with van der Waals surface area (Å²) in [5.74, 6) is 0. The first kappa shape index (κ1) is 7.03. The van der Waals surface area contributed by atoms with Crippen molar-refractivity contribution >= 4 is 31.9 Å². The van der Waals surface area contributed by atoms with Crippen molar-refractivity contribution in [1.29, 1.82) is 0 Å². The number of alkyl halides is 2. The molecule has 0 radical (unpaired) electrons. The van der Waals surface area contributed by atoms with Crippen molar-refractivity contribution in [2.24, 2.45) is 0 Å². The van der Waals surface area contributed by atoms with Crippen molar-refractivity contribution in [2.45, 2.75) is 16.1 Å². The fourth-order valence-electron chi connectivity index (χ4n) is 0.841. The van der Waals surface area contributed by atoms with Gasteiger partial charge in [0.15, 0.2) is 0 Å². The molecular weight excluding hydrogens is 234 g/mol. The Labute approximate surface area is 66.5 Å². The maximum absolute atomic E-state index is 3.54. The van der Waals surface area contributed by atoms with Crippen LogP contribution in [0.3, 0.4) is 0 Å². The van der Waals surface area contributed by atoms with Crippen LogP contribution in [0.2, 0.25) is 0 Å². The van der Waals surface area contributed by atoms with Crippen LogP contribution in [-0.2, 0) is 0 Å². The van der Waals surface area contributed by atoms with E-state index in [1.807, 2.05) is 0 Å². The summed E-state index contributed by atoms with van der Waals surface area (Å²) in [4.78, 5) is 1.33. The van der Waals surface area contributed by atoms with Crippen LogP contribution in [-0.4, -0.2) is 22.7 Å². The van der Waals surface area contributed by atoms with E-state index in [-0.39, 0.29) is 0 Å². The predicted molar refractivity (Wildman–Crippen MR) is 42.9 cm³/mol. The highest BCUT2D eigenvalue weighted by Gasteiger charge is 2.15. The summed E-state index contributed by atoms with van der Waals surface area (Å²) in [6, 6.07) is 0. The zero-order valence-corrected chi connectivity index (χ0v) is 7.70. The van der Waals surface area contributed by atoms with Crippen LogP contribution in [0, 0.1) is 0 Å². The third kappa shape index (κ3) is 2.03. The monoisotopic (exact) mass is 241 g/mol. The van der Waals surface area contributed by atoms with Gasteiger partial charge in [-0.05, 0) is 6.42 Å². The molecule has 48 valence electrons. The first-order valence-corrected chi connectivity index (χ1v) is 4.61. The molecule has 1 heterocycles. The minimum Gasteiger partial charge on any atom is -0.315 e. The molecule has 0 spiro atoms. The van der Waals surface area contributed by atoms with E-state index in [0.717, 1.165) is 13.1 Å². The Morgan fingerprint density at radius 1 is 1.12 bits per heavy atom. The summed E-state index contributed by atoms with van der Waals surface area (Å²) in [5, 5.41) is 3.29. The van der Waals surface area contributed by atoms with Crippen molar-refractivity contribution in [3.63, 3.8) is 0 Å². The lowest BCUT2D eigenvalue weighted by atomic mass is 10.2. The summed E-state index contributed by atoms with van der Waals surface area (Å²) in [5.41, 5.74) is 0. The first-order chi connectivity index (χ1) is 3.79. The number of halogens is 2. The Bertz CT molecular complexity index is 68.8. The molecule has 1 N–H and O–H groups in total. The summed E-state index contributed by atoms with van der Waals surface area (Å²) in [6.07, 6.45) is 1.24. The van der Waals surface area contributed by atoms with Gasteiger partial charge in [0, 0.05) is 22.7 Å². The minimum atomic E-state index is 0.667. The smallest absolute Gasteiger partial charge is 0.0281 e. The largest absolute Gasteiger partial charge is 0.315 e. The first-order valence-electron chi connectivity index (χ1n) is 2.78. The van der Waals surface area contributed by atoms with E-state index in [2.05, 4.69) is 37.2 Å². The number of piperidine rings is 1. The second kappa shape index (κ2) is 3.18. The van der Waals surface area contributed by atoms with Crippen LogP contribution >= 0.6 is 31.9 Å². The lowest BCUT2D eigenvalue weighted by Crippen LogP contribution is -2.36. The Kier molecular flexibility index (Phi) is 2.80. The van der Waals surface area contributed by atoms with Gasteiger partial charge in [-0.2, -0.15) is 0 Å². The molecule has 1 fully saturated rings. The number of hydrogen-bond donors (Lipinski definition) is 1. The zero-order chi connectivity index (χ0) is 5.98. The molecule has 1 aliphatic heterocycles. The van der Waals surface area contributed by atoms with Crippen molar-refractivity contribution in [3.05, 3.63) is 0 Å². The van der Waals surface area contributed by atoms with Crippen LogP contribution in [0.25, 0.3) is 0 Å². The molecule has 2 atom stereocenters. The average Bonchev–Trinajstić information content (AvgIpc) is 1.64. The molecule has 0 unspecified atom stereocenters. The van der Waals surface area contributed by atoms with Crippen molar-refractivity contribution in [2.75, 3.05) is 13.1 Å². The molecule has 1 saturated heterocycles. The van der Waals surface area contributed by atoms with E-state index in [0.29, 0.717) is 9.65 Å². The van der Waals surface area contributed by atoms with Crippen molar-refractivity contribution in [1.82, 2.24) is 5.32 Å². The summed E-state index contributed by atoms with van der Waals surface area (Å²) in [6.45, 7) is 2.23. The van der Waals surface area contributed by atoms with Gasteiger partial charge in [-0.15, -0.1) is 0 Å². The average molecular weight is 243 g/mol. The summed E-state index contributed by atoms with van der Waals surface area (Å²) in [7, 11) is 0. The molecule has 1 nitrogen and oxygen atoms in total. The number of hydrogen-bond acceptors (Lipinski definition) is 1. The molecule has 0 aliphatic carbocycles. The minimum absolute atomic E-state index is 0.667. The van der Waals surface area contributed by atoms with Gasteiger partial charge < -0.3 is 5.32 Å². The van der Waals surface area contributed by atoms with E-state index < -0.39 is 0 Å². The zero-order valence-electron chi connectivity index (χ0n) is 4.53. The standard InChI is InChI=1S/C5H9Br2N/c6-4-1-5(7)3-8-2-4/h4-5,8H,1-3H2/t4-,5+. The fraction of sp³-hybridized carbons (Fsp3) is 1.00. The highest BCUT2D eigenvalue weighted by Crippen LogP contribution is 2.16. The van der Waals surface area contributed by atoms with Gasteiger partial charge >= 0.3 is 0 Å². The van der Waals surface area contributed by atoms with Gasteiger partial charge in [0.1, 0.15) is 0 Å². The maximum Gasteiger partial charge on any atom is 0.0281 e. The lowest BCUT2D eigenvalue weighted by Gasteiger charge is -2.21. The molecule has 1 aliphatic rings. The Morgan fingerprint density at radius 2 is 1.62 bits per heavy atom. The van der Waals surface area contributed by atoms with Crippen LogP contribution in [0.4, 0.5) is 0 Å². The van der Waals surface area contributed by atoms with Gasteiger partial charge in [-0.25, -0.2) is 0 Å². The second-order valence-corrected chi connectivity index (χ2v) is 4.68. The quantitative estimate of drug-likeness (QED) is 0.636. The molecular formula is C5H9Br2N. The Balaban J connectivity index is 2.23. The lowest BCUT2D eigenvalue weighted by molar-refractivity contribution is 0.553. The van der Waals surface area contributed by atoms with E-state index in [4.69, 9.17) is 0 Å². The van der Waals surface area contributed by atoms with Gasteiger partial charge in [-0.3, -0.25) is 0 Å². The molecule has 0 saturated carbocycles. The number of rotatable bonds is 0. The molecule has 0 aromatic rings. The van der Waals surface area contributed by atoms with Gasteiger partial charge in [0.2, 0.25) is 0 Å². The van der Waals surface area contributed by atoms with Crippen LogP contribution in [0.15, 0.2) is 0 Å². The Hall–Kier alpha value is 0.920. The van der Waals surface area contributed by atoms with Gasteiger partial charge in [0.25, 0.3) is 0 Å². The summed E-state index contributed by atoms with van der Waals surface area (Å²) >= 11 is 7.07. The summed E-state index contributed by atoms with van der Waals surface area (Å²) < 4.78 is 0. The van der Waals surface area contributed by atoms with Crippen LogP contribution in [0.1, 0.15) is 6.42 Å². The predicted octanol–water partition coefficient (Wildman–Crippen LogP) is 1.51. The van der Waals surface area contributed by atoms with E-state index in [9.17, 15) is 0 Å². The molecule has 0 aromatic carbocycles. The van der Waals surface area contributed by atoms with Crippen LogP contribution < -0.4 is 5.32 Å². The highest BCUT2D eigenvalue weighted by molar-refractivity contribution is 9.10. The van der Waals surface area contributed by atoms with Gasteiger partial charge in [0.05, 0.1) is 0 Å². The van der Waals surface area contributed by atoms with Crippen molar-refractivity contribution in [3.8, 4) is 0 Å². The van der Waals surface area contributed by atoms with Gasteiger partial charge in [-0.1, -0.05) is 31.9 Å². The van der Waals surface area contributed by atoms with E-state index in [1.165, 1.54) is 6.42 Å². The highest BCUT2D eigenvalue weighted by atomic mass is 79.9. The second-order valence-electron chi connectivity index (χ2n) is 2.09. The number of nitrogens with one attached hydrogen (secondary N) is 1.